The second-order valence-corrected chi connectivity index (χ2v) is 9.85. The lowest BCUT2D eigenvalue weighted by Gasteiger charge is -2.14. The van der Waals surface area contributed by atoms with Crippen molar-refractivity contribution in [2.45, 2.75) is 31.6 Å². The molecule has 2 N–H and O–H groups in total. The number of anilines is 2. The van der Waals surface area contributed by atoms with Gasteiger partial charge < -0.3 is 14.8 Å². The smallest absolute Gasteiger partial charge is 0.338 e. The van der Waals surface area contributed by atoms with Crippen LogP contribution in [-0.2, 0) is 14.8 Å². The Bertz CT molecular complexity index is 1330. The second-order valence-electron chi connectivity index (χ2n) is 7.73. The fourth-order valence-electron chi connectivity index (χ4n) is 3.16. The molecular formula is C26H27ClN2O6S. The van der Waals surface area contributed by atoms with Crippen molar-refractivity contribution in [3.8, 4) is 5.75 Å². The minimum absolute atomic E-state index is 0.0876. The molecule has 190 valence electrons. The van der Waals surface area contributed by atoms with Crippen molar-refractivity contribution in [2.75, 3.05) is 23.3 Å². The first kappa shape index (κ1) is 27.0. The number of nitrogens with one attached hydrogen (secondary N) is 2. The van der Waals surface area contributed by atoms with Gasteiger partial charge in [-0.1, -0.05) is 31.0 Å². The maximum Gasteiger partial charge on any atom is 0.338 e. The van der Waals surface area contributed by atoms with Crippen LogP contribution in [-0.4, -0.2) is 33.5 Å². The number of sulfonamides is 1. The van der Waals surface area contributed by atoms with Gasteiger partial charge in [0.2, 0.25) is 0 Å². The Morgan fingerprint density at radius 3 is 2.36 bits per heavy atom. The predicted molar refractivity (Wildman–Crippen MR) is 139 cm³/mol. The average Bonchev–Trinajstić information content (AvgIpc) is 2.85. The summed E-state index contributed by atoms with van der Waals surface area (Å²) in [4.78, 5) is 24.7. The highest BCUT2D eigenvalue weighted by Crippen LogP contribution is 2.29. The fraction of sp³-hybridized carbons (Fsp3) is 0.231. The summed E-state index contributed by atoms with van der Waals surface area (Å²) in [6, 6.07) is 16.5. The number of hydrogen-bond acceptors (Lipinski definition) is 6. The quantitative estimate of drug-likeness (QED) is 0.241. The van der Waals surface area contributed by atoms with Gasteiger partial charge in [-0.05, 0) is 74.0 Å². The third-order valence-corrected chi connectivity index (χ3v) is 6.61. The number of halogens is 1. The van der Waals surface area contributed by atoms with E-state index in [-0.39, 0.29) is 16.3 Å². The molecule has 0 aliphatic rings. The lowest BCUT2D eigenvalue weighted by molar-refractivity contribution is 0.0499. The molecule has 36 heavy (non-hydrogen) atoms. The first-order chi connectivity index (χ1) is 17.2. The molecule has 0 aliphatic carbocycles. The lowest BCUT2D eigenvalue weighted by Crippen LogP contribution is -2.16. The van der Waals surface area contributed by atoms with E-state index in [4.69, 9.17) is 21.1 Å². The van der Waals surface area contributed by atoms with E-state index in [0.29, 0.717) is 35.1 Å². The van der Waals surface area contributed by atoms with Crippen molar-refractivity contribution >= 4 is 44.9 Å². The molecule has 0 fully saturated rings. The van der Waals surface area contributed by atoms with Crippen molar-refractivity contribution in [2.24, 2.45) is 0 Å². The Balaban J connectivity index is 1.79. The molecule has 8 nitrogen and oxygen atoms in total. The molecule has 0 spiro atoms. The molecule has 0 heterocycles. The summed E-state index contributed by atoms with van der Waals surface area (Å²) in [5.41, 5.74) is 1.08. The molecule has 1 amide bonds. The Labute approximate surface area is 215 Å². The highest BCUT2D eigenvalue weighted by molar-refractivity contribution is 7.92. The monoisotopic (exact) mass is 530 g/mol. The number of ether oxygens (including phenoxy) is 2. The van der Waals surface area contributed by atoms with E-state index in [1.807, 2.05) is 6.92 Å². The van der Waals surface area contributed by atoms with Gasteiger partial charge in [-0.15, -0.1) is 0 Å². The number of hydrogen-bond donors (Lipinski definition) is 2. The third kappa shape index (κ3) is 7.22. The van der Waals surface area contributed by atoms with E-state index in [2.05, 4.69) is 10.0 Å². The highest BCUT2D eigenvalue weighted by Gasteiger charge is 2.19. The minimum atomic E-state index is -4.02. The molecule has 0 atom stereocenters. The SMILES string of the molecule is CCCCOC(=O)c1ccc(NS(=O)(=O)c2ccc(OCC)c(NC(=O)c3cccc(Cl)c3)c2)cc1. The molecule has 0 saturated carbocycles. The summed E-state index contributed by atoms with van der Waals surface area (Å²) >= 11 is 5.97. The Hall–Kier alpha value is -3.56. The number of rotatable bonds is 11. The zero-order valence-electron chi connectivity index (χ0n) is 19.9. The van der Waals surface area contributed by atoms with E-state index < -0.39 is 21.9 Å². The van der Waals surface area contributed by atoms with Crippen molar-refractivity contribution in [3.63, 3.8) is 0 Å². The first-order valence-electron chi connectivity index (χ1n) is 11.4. The lowest BCUT2D eigenvalue weighted by atomic mass is 10.2. The molecule has 0 aromatic heterocycles. The van der Waals surface area contributed by atoms with Crippen molar-refractivity contribution < 1.29 is 27.5 Å². The van der Waals surface area contributed by atoms with Gasteiger partial charge in [-0.25, -0.2) is 13.2 Å². The van der Waals surface area contributed by atoms with Crippen molar-refractivity contribution in [3.05, 3.63) is 82.9 Å². The van der Waals surface area contributed by atoms with E-state index in [0.717, 1.165) is 12.8 Å². The van der Waals surface area contributed by atoms with Gasteiger partial charge in [-0.2, -0.15) is 0 Å². The standard InChI is InChI=1S/C26H27ClN2O6S/c1-3-5-15-35-26(31)18-9-11-21(12-10-18)29-36(32,33)22-13-14-24(34-4-2)23(17-22)28-25(30)19-7-6-8-20(27)16-19/h6-14,16-17,29H,3-5,15H2,1-2H3,(H,28,30). The summed E-state index contributed by atoms with van der Waals surface area (Å²) in [6.07, 6.45) is 1.68. The number of esters is 1. The Kier molecular flexibility index (Phi) is 9.32. The molecular weight excluding hydrogens is 504 g/mol. The van der Waals surface area contributed by atoms with Gasteiger partial charge in [0.15, 0.2) is 0 Å². The van der Waals surface area contributed by atoms with Crippen LogP contribution in [0, 0.1) is 0 Å². The number of unbranched alkanes of at least 4 members (excludes halogenated alkanes) is 1. The molecule has 0 radical (unpaired) electrons. The first-order valence-corrected chi connectivity index (χ1v) is 13.2. The molecule has 3 aromatic carbocycles. The maximum absolute atomic E-state index is 13.0. The molecule has 10 heteroatoms. The van der Waals surface area contributed by atoms with Crippen LogP contribution in [0.2, 0.25) is 5.02 Å². The minimum Gasteiger partial charge on any atom is -0.492 e. The van der Waals surface area contributed by atoms with Crippen LogP contribution in [0.25, 0.3) is 0 Å². The predicted octanol–water partition coefficient (Wildman–Crippen LogP) is 5.75. The maximum atomic E-state index is 13.0. The van der Waals surface area contributed by atoms with Crippen LogP contribution in [0.3, 0.4) is 0 Å². The Morgan fingerprint density at radius 1 is 0.944 bits per heavy atom. The summed E-state index contributed by atoms with van der Waals surface area (Å²) in [6.45, 7) is 4.42. The van der Waals surface area contributed by atoms with Crippen LogP contribution >= 0.6 is 11.6 Å². The van der Waals surface area contributed by atoms with Gasteiger partial charge >= 0.3 is 5.97 Å². The van der Waals surface area contributed by atoms with Crippen LogP contribution in [0.4, 0.5) is 11.4 Å². The summed E-state index contributed by atoms with van der Waals surface area (Å²) in [5, 5.41) is 3.09. The number of benzene rings is 3. The molecule has 0 saturated heterocycles. The normalized spacial score (nSPS) is 11.0. The molecule has 3 aromatic rings. The molecule has 0 bridgehead atoms. The largest absolute Gasteiger partial charge is 0.492 e. The van der Waals surface area contributed by atoms with Crippen LogP contribution in [0.15, 0.2) is 71.6 Å². The summed E-state index contributed by atoms with van der Waals surface area (Å²) in [5.74, 6) is -0.621. The number of carbonyl (C=O) groups is 2. The average molecular weight is 531 g/mol. The van der Waals surface area contributed by atoms with Crippen LogP contribution < -0.4 is 14.8 Å². The van der Waals surface area contributed by atoms with Gasteiger partial charge in [-0.3, -0.25) is 9.52 Å². The van der Waals surface area contributed by atoms with Crippen molar-refractivity contribution in [1.29, 1.82) is 0 Å². The third-order valence-electron chi connectivity index (χ3n) is 5.00. The zero-order valence-corrected chi connectivity index (χ0v) is 21.5. The molecule has 0 aliphatic heterocycles. The number of amides is 1. The van der Waals surface area contributed by atoms with Gasteiger partial charge in [0.25, 0.3) is 15.9 Å². The summed E-state index contributed by atoms with van der Waals surface area (Å²) < 4.78 is 39.3. The van der Waals surface area contributed by atoms with Crippen molar-refractivity contribution in [1.82, 2.24) is 0 Å². The van der Waals surface area contributed by atoms with Crippen LogP contribution in [0.5, 0.6) is 5.75 Å². The zero-order chi connectivity index (χ0) is 26.1. The van der Waals surface area contributed by atoms with Crippen LogP contribution in [0.1, 0.15) is 47.4 Å². The number of carbonyl (C=O) groups excluding carboxylic acids is 2. The molecule has 3 rings (SSSR count). The van der Waals surface area contributed by atoms with E-state index >= 15 is 0 Å². The van der Waals surface area contributed by atoms with E-state index in [1.165, 1.54) is 48.5 Å². The fourth-order valence-corrected chi connectivity index (χ4v) is 4.44. The highest BCUT2D eigenvalue weighted by atomic mass is 35.5. The van der Waals surface area contributed by atoms with Gasteiger partial charge in [0.05, 0.1) is 29.4 Å². The molecule has 0 unspecified atom stereocenters. The Morgan fingerprint density at radius 2 is 1.69 bits per heavy atom. The van der Waals surface area contributed by atoms with E-state index in [9.17, 15) is 18.0 Å². The summed E-state index contributed by atoms with van der Waals surface area (Å²) in [7, 11) is -4.02. The van der Waals surface area contributed by atoms with Gasteiger partial charge in [0, 0.05) is 16.3 Å². The second kappa shape index (κ2) is 12.4. The van der Waals surface area contributed by atoms with E-state index in [1.54, 1.807) is 25.1 Å². The van der Waals surface area contributed by atoms with Gasteiger partial charge in [0.1, 0.15) is 5.75 Å². The topological polar surface area (TPSA) is 111 Å².